The molecule has 1 saturated heterocycles. The fourth-order valence-corrected chi connectivity index (χ4v) is 3.05. The Labute approximate surface area is 157 Å². The molecule has 0 atom stereocenters. The van der Waals surface area contributed by atoms with Gasteiger partial charge in [0.1, 0.15) is 5.75 Å². The molecule has 0 unspecified atom stereocenters. The normalized spacial score (nSPS) is 16.0. The SMILES string of the molecule is CCNC(=NCc1cccc(OC)c1)N1CCC(OCCCOC)CC1. The van der Waals surface area contributed by atoms with E-state index in [1.165, 1.54) is 0 Å². The number of rotatable bonds is 9. The number of hydrogen-bond donors (Lipinski definition) is 1. The molecular formula is C20H33N3O3. The number of hydrogen-bond acceptors (Lipinski definition) is 4. The van der Waals surface area contributed by atoms with Crippen LogP contribution in [0.1, 0.15) is 31.7 Å². The first kappa shape index (κ1) is 20.5. The van der Waals surface area contributed by atoms with Crippen molar-refractivity contribution in [2.24, 2.45) is 4.99 Å². The number of benzene rings is 1. The molecule has 0 amide bonds. The summed E-state index contributed by atoms with van der Waals surface area (Å²) in [6, 6.07) is 8.07. The molecule has 1 heterocycles. The van der Waals surface area contributed by atoms with Crippen molar-refractivity contribution >= 4 is 5.96 Å². The Hall–Kier alpha value is -1.79. The number of likely N-dealkylation sites (tertiary alicyclic amines) is 1. The predicted octanol–water partition coefficient (Wildman–Crippen LogP) is 2.68. The molecular weight excluding hydrogens is 330 g/mol. The third kappa shape index (κ3) is 6.84. The summed E-state index contributed by atoms with van der Waals surface area (Å²) in [7, 11) is 3.42. The van der Waals surface area contributed by atoms with Crippen LogP contribution in [0.4, 0.5) is 0 Å². The highest BCUT2D eigenvalue weighted by molar-refractivity contribution is 5.80. The number of methoxy groups -OCH3 is 2. The van der Waals surface area contributed by atoms with Crippen molar-refractivity contribution in [2.75, 3.05) is 47.1 Å². The maximum Gasteiger partial charge on any atom is 0.194 e. The number of guanidine groups is 1. The van der Waals surface area contributed by atoms with Gasteiger partial charge in [-0.2, -0.15) is 0 Å². The van der Waals surface area contributed by atoms with Gasteiger partial charge >= 0.3 is 0 Å². The Morgan fingerprint density at radius 1 is 1.23 bits per heavy atom. The Morgan fingerprint density at radius 3 is 2.73 bits per heavy atom. The lowest BCUT2D eigenvalue weighted by Crippen LogP contribution is -2.47. The molecule has 1 aromatic carbocycles. The van der Waals surface area contributed by atoms with Gasteiger partial charge in [0.25, 0.3) is 0 Å². The second-order valence-corrected chi connectivity index (χ2v) is 6.43. The zero-order valence-corrected chi connectivity index (χ0v) is 16.4. The largest absolute Gasteiger partial charge is 0.497 e. The van der Waals surface area contributed by atoms with Gasteiger partial charge in [-0.3, -0.25) is 0 Å². The van der Waals surface area contributed by atoms with Crippen molar-refractivity contribution in [3.63, 3.8) is 0 Å². The van der Waals surface area contributed by atoms with Gasteiger partial charge in [0.15, 0.2) is 5.96 Å². The predicted molar refractivity (Wildman–Crippen MR) is 105 cm³/mol. The first-order chi connectivity index (χ1) is 12.8. The van der Waals surface area contributed by atoms with E-state index in [-0.39, 0.29) is 0 Å². The van der Waals surface area contributed by atoms with E-state index in [9.17, 15) is 0 Å². The fraction of sp³-hybridized carbons (Fsp3) is 0.650. The number of nitrogens with one attached hydrogen (secondary N) is 1. The van der Waals surface area contributed by atoms with E-state index >= 15 is 0 Å². The molecule has 0 radical (unpaired) electrons. The summed E-state index contributed by atoms with van der Waals surface area (Å²) in [5.41, 5.74) is 1.15. The lowest BCUT2D eigenvalue weighted by atomic mass is 10.1. The standard InChI is InChI=1S/C20H33N3O3/c1-4-21-20(22-16-17-7-5-8-19(15-17)25-3)23-11-9-18(10-12-23)26-14-6-13-24-2/h5,7-8,15,18H,4,6,9-14,16H2,1-3H3,(H,21,22). The smallest absolute Gasteiger partial charge is 0.194 e. The first-order valence-corrected chi connectivity index (χ1v) is 9.53. The van der Waals surface area contributed by atoms with Gasteiger partial charge in [0.2, 0.25) is 0 Å². The Morgan fingerprint density at radius 2 is 2.04 bits per heavy atom. The Bertz CT molecular complexity index is 543. The van der Waals surface area contributed by atoms with Gasteiger partial charge in [0.05, 0.1) is 19.8 Å². The average molecular weight is 364 g/mol. The minimum absolute atomic E-state index is 0.351. The van der Waals surface area contributed by atoms with Crippen molar-refractivity contribution in [3.8, 4) is 5.75 Å². The third-order valence-electron chi connectivity index (χ3n) is 4.47. The van der Waals surface area contributed by atoms with Gasteiger partial charge in [-0.1, -0.05) is 12.1 Å². The second kappa shape index (κ2) is 11.8. The molecule has 0 aliphatic carbocycles. The Balaban J connectivity index is 1.85. The van der Waals surface area contributed by atoms with Crippen LogP contribution in [-0.4, -0.2) is 64.0 Å². The summed E-state index contributed by atoms with van der Waals surface area (Å²) in [6.07, 6.45) is 3.39. The van der Waals surface area contributed by atoms with E-state index in [1.54, 1.807) is 14.2 Å². The van der Waals surface area contributed by atoms with Crippen LogP contribution >= 0.6 is 0 Å². The highest BCUT2D eigenvalue weighted by Crippen LogP contribution is 2.16. The Kier molecular flexibility index (Phi) is 9.28. The van der Waals surface area contributed by atoms with E-state index in [2.05, 4.69) is 23.2 Å². The van der Waals surface area contributed by atoms with Crippen molar-refractivity contribution in [2.45, 2.75) is 38.8 Å². The molecule has 6 heteroatoms. The third-order valence-corrected chi connectivity index (χ3v) is 4.47. The van der Waals surface area contributed by atoms with Crippen molar-refractivity contribution < 1.29 is 14.2 Å². The molecule has 0 bridgehead atoms. The van der Waals surface area contributed by atoms with Crippen LogP contribution < -0.4 is 10.1 Å². The molecule has 2 rings (SSSR count). The maximum absolute atomic E-state index is 5.95. The number of piperidine rings is 1. The summed E-state index contributed by atoms with van der Waals surface area (Å²) in [6.45, 7) is 7.10. The van der Waals surface area contributed by atoms with Crippen LogP contribution in [0.2, 0.25) is 0 Å². The molecule has 1 aliphatic rings. The minimum Gasteiger partial charge on any atom is -0.497 e. The summed E-state index contributed by atoms with van der Waals surface area (Å²) in [4.78, 5) is 7.14. The molecule has 1 aliphatic heterocycles. The molecule has 0 aromatic heterocycles. The number of nitrogens with zero attached hydrogens (tertiary/aromatic N) is 2. The zero-order chi connectivity index (χ0) is 18.6. The molecule has 146 valence electrons. The zero-order valence-electron chi connectivity index (χ0n) is 16.4. The van der Waals surface area contributed by atoms with Crippen molar-refractivity contribution in [3.05, 3.63) is 29.8 Å². The first-order valence-electron chi connectivity index (χ1n) is 9.53. The van der Waals surface area contributed by atoms with Crippen LogP contribution in [0.5, 0.6) is 5.75 Å². The van der Waals surface area contributed by atoms with E-state index in [0.29, 0.717) is 12.6 Å². The van der Waals surface area contributed by atoms with Gasteiger partial charge < -0.3 is 24.4 Å². The van der Waals surface area contributed by atoms with Gasteiger partial charge in [-0.25, -0.2) is 4.99 Å². The molecule has 26 heavy (non-hydrogen) atoms. The summed E-state index contributed by atoms with van der Waals surface area (Å²) in [5, 5.41) is 3.41. The summed E-state index contributed by atoms with van der Waals surface area (Å²) in [5.74, 6) is 1.85. The topological polar surface area (TPSA) is 55.3 Å². The van der Waals surface area contributed by atoms with Crippen LogP contribution in [0, 0.1) is 0 Å². The van der Waals surface area contributed by atoms with Crippen LogP contribution in [0.3, 0.4) is 0 Å². The summed E-state index contributed by atoms with van der Waals surface area (Å²) >= 11 is 0. The van der Waals surface area contributed by atoms with Gasteiger partial charge in [-0.15, -0.1) is 0 Å². The average Bonchev–Trinajstić information content (AvgIpc) is 2.69. The minimum atomic E-state index is 0.351. The lowest BCUT2D eigenvalue weighted by molar-refractivity contribution is 0.00990. The van der Waals surface area contributed by atoms with E-state index < -0.39 is 0 Å². The molecule has 1 aromatic rings. The van der Waals surface area contributed by atoms with Crippen LogP contribution in [0.15, 0.2) is 29.3 Å². The molecule has 1 fully saturated rings. The van der Waals surface area contributed by atoms with Gasteiger partial charge in [0, 0.05) is 40.0 Å². The van der Waals surface area contributed by atoms with E-state index in [4.69, 9.17) is 19.2 Å². The molecule has 0 spiro atoms. The fourth-order valence-electron chi connectivity index (χ4n) is 3.05. The number of aliphatic imine (C=N–C) groups is 1. The van der Waals surface area contributed by atoms with Gasteiger partial charge in [-0.05, 0) is 43.9 Å². The van der Waals surface area contributed by atoms with Crippen molar-refractivity contribution in [1.29, 1.82) is 0 Å². The van der Waals surface area contributed by atoms with Crippen LogP contribution in [-0.2, 0) is 16.0 Å². The highest BCUT2D eigenvalue weighted by atomic mass is 16.5. The second-order valence-electron chi connectivity index (χ2n) is 6.43. The van der Waals surface area contributed by atoms with Crippen LogP contribution in [0.25, 0.3) is 0 Å². The molecule has 0 saturated carbocycles. The van der Waals surface area contributed by atoms with Crippen molar-refractivity contribution in [1.82, 2.24) is 10.2 Å². The number of ether oxygens (including phenoxy) is 3. The molecule has 1 N–H and O–H groups in total. The molecule has 6 nitrogen and oxygen atoms in total. The highest BCUT2D eigenvalue weighted by Gasteiger charge is 2.21. The quantitative estimate of drug-likeness (QED) is 0.415. The monoisotopic (exact) mass is 363 g/mol. The van der Waals surface area contributed by atoms with E-state index in [1.807, 2.05) is 18.2 Å². The lowest BCUT2D eigenvalue weighted by Gasteiger charge is -2.34. The van der Waals surface area contributed by atoms with E-state index in [0.717, 1.165) is 69.4 Å². The maximum atomic E-state index is 5.95. The summed E-state index contributed by atoms with van der Waals surface area (Å²) < 4.78 is 16.3.